The van der Waals surface area contributed by atoms with E-state index in [1.807, 2.05) is 33.0 Å². The van der Waals surface area contributed by atoms with E-state index in [1.165, 1.54) is 0 Å². The monoisotopic (exact) mass is 319 g/mol. The first-order chi connectivity index (χ1) is 10.5. The van der Waals surface area contributed by atoms with Crippen LogP contribution in [0.25, 0.3) is 17.1 Å². The lowest BCUT2D eigenvalue weighted by Crippen LogP contribution is -2.12. The molecule has 0 radical (unpaired) electrons. The second-order valence-corrected chi connectivity index (χ2v) is 5.94. The number of nitrogens with zero attached hydrogens (tertiary/aromatic N) is 3. The smallest absolute Gasteiger partial charge is 0.274 e. The van der Waals surface area contributed by atoms with Gasteiger partial charge in [0.25, 0.3) is 5.89 Å². The van der Waals surface area contributed by atoms with Gasteiger partial charge in [0.2, 0.25) is 5.82 Å². The Morgan fingerprint density at radius 1 is 1.36 bits per heavy atom. The maximum absolute atomic E-state index is 6.25. The number of ether oxygens (including phenoxy) is 1. The number of benzene rings is 1. The maximum atomic E-state index is 6.25. The second-order valence-electron chi connectivity index (χ2n) is 5.53. The molecule has 22 heavy (non-hydrogen) atoms. The van der Waals surface area contributed by atoms with E-state index in [9.17, 15) is 0 Å². The van der Waals surface area contributed by atoms with Crippen LogP contribution in [0.5, 0.6) is 5.75 Å². The van der Waals surface area contributed by atoms with Crippen LogP contribution in [-0.4, -0.2) is 34.7 Å². The molecule has 2 heterocycles. The first kappa shape index (κ1) is 14.9. The molecule has 0 aliphatic carbocycles. The fourth-order valence-corrected chi connectivity index (χ4v) is 2.58. The minimum Gasteiger partial charge on any atom is -0.489 e. The Bertz CT molecular complexity index is 709. The first-order valence-electron chi connectivity index (χ1n) is 7.26. The molecule has 1 aliphatic rings. The third-order valence-electron chi connectivity index (χ3n) is 3.41. The van der Waals surface area contributed by atoms with Gasteiger partial charge in [-0.05, 0) is 38.5 Å². The molecule has 1 aliphatic heterocycles. The van der Waals surface area contributed by atoms with Gasteiger partial charge in [-0.15, -0.1) is 0 Å². The van der Waals surface area contributed by atoms with Crippen molar-refractivity contribution in [1.82, 2.24) is 15.0 Å². The third-order valence-corrected chi connectivity index (χ3v) is 3.71. The molecule has 1 aromatic heterocycles. The van der Waals surface area contributed by atoms with Gasteiger partial charge in [0.1, 0.15) is 5.75 Å². The summed E-state index contributed by atoms with van der Waals surface area (Å²) in [5.41, 5.74) is 1.78. The molecule has 5 nitrogen and oxygen atoms in total. The Hall–Kier alpha value is -2.01. The van der Waals surface area contributed by atoms with Gasteiger partial charge in [0.15, 0.2) is 0 Å². The van der Waals surface area contributed by atoms with Crippen molar-refractivity contribution in [2.75, 3.05) is 13.6 Å². The molecule has 3 rings (SSSR count). The molecular weight excluding hydrogens is 302 g/mol. The van der Waals surface area contributed by atoms with E-state index >= 15 is 0 Å². The van der Waals surface area contributed by atoms with E-state index in [1.54, 1.807) is 6.07 Å². The summed E-state index contributed by atoms with van der Waals surface area (Å²) in [7, 11) is 2.01. The van der Waals surface area contributed by atoms with Crippen LogP contribution in [0, 0.1) is 0 Å². The van der Waals surface area contributed by atoms with Crippen LogP contribution in [-0.2, 0) is 0 Å². The van der Waals surface area contributed by atoms with Gasteiger partial charge in [-0.3, -0.25) is 0 Å². The molecule has 0 saturated carbocycles. The van der Waals surface area contributed by atoms with Crippen molar-refractivity contribution < 1.29 is 9.26 Å². The average molecular weight is 320 g/mol. The molecule has 0 amide bonds. The van der Waals surface area contributed by atoms with Crippen molar-refractivity contribution >= 4 is 17.3 Å². The zero-order chi connectivity index (χ0) is 15.7. The minimum atomic E-state index is 0.0740. The molecule has 0 unspecified atom stereocenters. The topological polar surface area (TPSA) is 51.4 Å². The standard InChI is InChI=1S/C16H18ClN3O2/c1-10(2)21-14-7-6-11(9-12(14)17)15-18-16(22-19-15)13-5-4-8-20(13)3/h5-7,9-10H,4,8H2,1-3H3. The van der Waals surface area contributed by atoms with Crippen molar-refractivity contribution in [1.29, 1.82) is 0 Å². The molecule has 0 fully saturated rings. The van der Waals surface area contributed by atoms with Crippen LogP contribution in [0.2, 0.25) is 5.02 Å². The predicted octanol–water partition coefficient (Wildman–Crippen LogP) is 3.85. The van der Waals surface area contributed by atoms with Gasteiger partial charge >= 0.3 is 0 Å². The Morgan fingerprint density at radius 2 is 2.18 bits per heavy atom. The molecular formula is C16H18ClN3O2. The summed E-state index contributed by atoms with van der Waals surface area (Å²) < 4.78 is 11.0. The summed E-state index contributed by atoms with van der Waals surface area (Å²) in [5, 5.41) is 4.58. The van der Waals surface area contributed by atoms with Crippen molar-refractivity contribution in [2.45, 2.75) is 26.4 Å². The summed E-state index contributed by atoms with van der Waals surface area (Å²) in [6.45, 7) is 4.89. The Kier molecular flexibility index (Phi) is 4.07. The SMILES string of the molecule is CC(C)Oc1ccc(-c2noc(C3=CCCN3C)n2)cc1Cl. The van der Waals surface area contributed by atoms with Crippen LogP contribution >= 0.6 is 11.6 Å². The zero-order valence-corrected chi connectivity index (χ0v) is 13.6. The molecule has 6 heteroatoms. The lowest BCUT2D eigenvalue weighted by molar-refractivity contribution is 0.242. The molecule has 2 aromatic rings. The van der Waals surface area contributed by atoms with Gasteiger partial charge in [0, 0.05) is 19.2 Å². The summed E-state index contributed by atoms with van der Waals surface area (Å²) in [6.07, 6.45) is 3.17. The van der Waals surface area contributed by atoms with Crippen LogP contribution in [0.4, 0.5) is 0 Å². The largest absolute Gasteiger partial charge is 0.489 e. The lowest BCUT2D eigenvalue weighted by Gasteiger charge is -2.11. The fourth-order valence-electron chi connectivity index (χ4n) is 2.36. The van der Waals surface area contributed by atoms with E-state index in [0.29, 0.717) is 22.5 Å². The van der Waals surface area contributed by atoms with Crippen molar-refractivity contribution in [3.05, 3.63) is 35.2 Å². The normalized spacial score (nSPS) is 14.6. The Labute approximate surface area is 134 Å². The van der Waals surface area contributed by atoms with Crippen LogP contribution in [0.15, 0.2) is 28.8 Å². The summed E-state index contributed by atoms with van der Waals surface area (Å²) in [4.78, 5) is 6.56. The van der Waals surface area contributed by atoms with Gasteiger partial charge in [-0.1, -0.05) is 22.8 Å². The van der Waals surface area contributed by atoms with Gasteiger partial charge < -0.3 is 14.2 Å². The number of rotatable bonds is 4. The zero-order valence-electron chi connectivity index (χ0n) is 12.8. The molecule has 0 N–H and O–H groups in total. The predicted molar refractivity (Wildman–Crippen MR) is 85.7 cm³/mol. The molecule has 0 spiro atoms. The van der Waals surface area contributed by atoms with Crippen LogP contribution in [0.1, 0.15) is 26.2 Å². The quantitative estimate of drug-likeness (QED) is 0.856. The summed E-state index contributed by atoms with van der Waals surface area (Å²) in [6, 6.07) is 5.50. The van der Waals surface area contributed by atoms with Gasteiger partial charge in [-0.2, -0.15) is 4.98 Å². The Morgan fingerprint density at radius 3 is 2.82 bits per heavy atom. The highest BCUT2D eigenvalue weighted by Gasteiger charge is 2.20. The molecule has 0 bridgehead atoms. The number of hydrogen-bond donors (Lipinski definition) is 0. The summed E-state index contributed by atoms with van der Waals surface area (Å²) >= 11 is 6.25. The van der Waals surface area contributed by atoms with Gasteiger partial charge in [0.05, 0.1) is 16.8 Å². The molecule has 0 saturated heterocycles. The van der Waals surface area contributed by atoms with E-state index in [2.05, 4.69) is 21.1 Å². The number of hydrogen-bond acceptors (Lipinski definition) is 5. The highest BCUT2D eigenvalue weighted by Crippen LogP contribution is 2.31. The average Bonchev–Trinajstić information content (AvgIpc) is 3.09. The second kappa shape index (κ2) is 6.01. The van der Waals surface area contributed by atoms with Crippen molar-refractivity contribution in [3.63, 3.8) is 0 Å². The van der Waals surface area contributed by atoms with E-state index in [0.717, 1.165) is 24.2 Å². The molecule has 1 aromatic carbocycles. The van der Waals surface area contributed by atoms with Crippen LogP contribution in [0.3, 0.4) is 0 Å². The maximum Gasteiger partial charge on any atom is 0.274 e. The first-order valence-corrected chi connectivity index (χ1v) is 7.64. The summed E-state index contributed by atoms with van der Waals surface area (Å²) in [5.74, 6) is 1.71. The minimum absolute atomic E-state index is 0.0740. The number of aromatic nitrogens is 2. The van der Waals surface area contributed by atoms with E-state index in [4.69, 9.17) is 20.9 Å². The van der Waals surface area contributed by atoms with E-state index < -0.39 is 0 Å². The number of halogens is 1. The molecule has 0 atom stereocenters. The third kappa shape index (κ3) is 2.95. The Balaban J connectivity index is 1.86. The molecule has 116 valence electrons. The van der Waals surface area contributed by atoms with Crippen molar-refractivity contribution in [3.8, 4) is 17.1 Å². The highest BCUT2D eigenvalue weighted by molar-refractivity contribution is 6.32. The van der Waals surface area contributed by atoms with Crippen molar-refractivity contribution in [2.24, 2.45) is 0 Å². The van der Waals surface area contributed by atoms with E-state index in [-0.39, 0.29) is 6.10 Å². The van der Waals surface area contributed by atoms with Crippen LogP contribution < -0.4 is 4.74 Å². The van der Waals surface area contributed by atoms with Gasteiger partial charge in [-0.25, -0.2) is 0 Å². The highest BCUT2D eigenvalue weighted by atomic mass is 35.5. The lowest BCUT2D eigenvalue weighted by atomic mass is 10.2. The fraction of sp³-hybridized carbons (Fsp3) is 0.375.